The van der Waals surface area contributed by atoms with Crippen LogP contribution in [0.25, 0.3) is 0 Å². The van der Waals surface area contributed by atoms with Crippen LogP contribution >= 0.6 is 0 Å². The molecule has 4 nitrogen and oxygen atoms in total. The van der Waals surface area contributed by atoms with Crippen LogP contribution in [0.15, 0.2) is 24.3 Å². The summed E-state index contributed by atoms with van der Waals surface area (Å²) in [6.07, 6.45) is 0.927. The molecular formula is C15H21N3O. The molecule has 0 spiro atoms. The first kappa shape index (κ1) is 15.1. The number of hydrogen-bond donors (Lipinski definition) is 3. The standard InChI is InChI=1S/C15H21N3O/c1-3-11-17-15(19)18-12(2)14-8-6-13(7-9-14)5-4-10-16/h6-9,12H,3,10-11,16H2,1-2H3,(H2,17,18,19). The second-order valence-electron chi connectivity index (χ2n) is 4.25. The van der Waals surface area contributed by atoms with Gasteiger partial charge in [-0.05, 0) is 31.0 Å². The molecule has 0 heterocycles. The Balaban J connectivity index is 2.57. The van der Waals surface area contributed by atoms with Crippen molar-refractivity contribution in [2.24, 2.45) is 5.73 Å². The van der Waals surface area contributed by atoms with Crippen molar-refractivity contribution in [2.45, 2.75) is 26.3 Å². The minimum absolute atomic E-state index is 0.0339. The Morgan fingerprint density at radius 3 is 2.63 bits per heavy atom. The number of amides is 2. The first-order valence-electron chi connectivity index (χ1n) is 6.50. The Hall–Kier alpha value is -1.99. The Kier molecular flexibility index (Phi) is 6.48. The number of benzene rings is 1. The van der Waals surface area contributed by atoms with E-state index in [2.05, 4.69) is 22.5 Å². The summed E-state index contributed by atoms with van der Waals surface area (Å²) in [6, 6.07) is 7.62. The molecule has 0 aromatic heterocycles. The molecule has 1 aromatic rings. The number of carbonyl (C=O) groups excluding carboxylic acids is 1. The van der Waals surface area contributed by atoms with Crippen LogP contribution in [-0.2, 0) is 0 Å². The lowest BCUT2D eigenvalue weighted by Crippen LogP contribution is -2.37. The minimum atomic E-state index is -0.138. The third-order valence-electron chi connectivity index (χ3n) is 2.63. The van der Waals surface area contributed by atoms with E-state index in [4.69, 9.17) is 5.73 Å². The average Bonchev–Trinajstić information content (AvgIpc) is 2.43. The maximum Gasteiger partial charge on any atom is 0.315 e. The van der Waals surface area contributed by atoms with Crippen molar-refractivity contribution in [2.75, 3.05) is 13.1 Å². The van der Waals surface area contributed by atoms with Crippen LogP contribution in [0.5, 0.6) is 0 Å². The minimum Gasteiger partial charge on any atom is -0.338 e. The summed E-state index contributed by atoms with van der Waals surface area (Å²) in [5.74, 6) is 5.77. The second-order valence-corrected chi connectivity index (χ2v) is 4.25. The van der Waals surface area contributed by atoms with Gasteiger partial charge < -0.3 is 16.4 Å². The molecule has 1 unspecified atom stereocenters. The Morgan fingerprint density at radius 2 is 2.05 bits per heavy atom. The molecule has 0 aliphatic carbocycles. The summed E-state index contributed by atoms with van der Waals surface area (Å²) >= 11 is 0. The SMILES string of the molecule is CCCNC(=O)NC(C)c1ccc(C#CCN)cc1. The van der Waals surface area contributed by atoms with Gasteiger partial charge in [-0.1, -0.05) is 30.9 Å². The average molecular weight is 259 g/mol. The van der Waals surface area contributed by atoms with Crippen LogP contribution in [0.4, 0.5) is 4.79 Å². The molecule has 1 rings (SSSR count). The molecule has 2 amide bonds. The van der Waals surface area contributed by atoms with Gasteiger partial charge in [-0.3, -0.25) is 0 Å². The molecule has 0 saturated heterocycles. The van der Waals surface area contributed by atoms with Gasteiger partial charge in [0.2, 0.25) is 0 Å². The van der Waals surface area contributed by atoms with E-state index in [9.17, 15) is 4.79 Å². The topological polar surface area (TPSA) is 67.2 Å². The predicted molar refractivity (Wildman–Crippen MR) is 77.6 cm³/mol. The number of urea groups is 1. The molecule has 0 radical (unpaired) electrons. The molecular weight excluding hydrogens is 238 g/mol. The number of nitrogens with one attached hydrogen (secondary N) is 2. The molecule has 0 aliphatic heterocycles. The zero-order valence-electron chi connectivity index (χ0n) is 11.5. The molecule has 102 valence electrons. The summed E-state index contributed by atoms with van der Waals surface area (Å²) in [5.41, 5.74) is 7.30. The van der Waals surface area contributed by atoms with E-state index in [-0.39, 0.29) is 12.1 Å². The quantitative estimate of drug-likeness (QED) is 0.721. The third-order valence-corrected chi connectivity index (χ3v) is 2.63. The van der Waals surface area contributed by atoms with Crippen LogP contribution in [0.1, 0.15) is 37.4 Å². The zero-order chi connectivity index (χ0) is 14.1. The van der Waals surface area contributed by atoms with Gasteiger partial charge in [-0.15, -0.1) is 0 Å². The van der Waals surface area contributed by atoms with Crippen molar-refractivity contribution in [3.63, 3.8) is 0 Å². The molecule has 4 heteroatoms. The summed E-state index contributed by atoms with van der Waals surface area (Å²) in [4.78, 5) is 11.5. The summed E-state index contributed by atoms with van der Waals surface area (Å²) in [5, 5.41) is 5.67. The van der Waals surface area contributed by atoms with Crippen LogP contribution in [0, 0.1) is 11.8 Å². The van der Waals surface area contributed by atoms with Gasteiger partial charge in [0.1, 0.15) is 0 Å². The first-order valence-corrected chi connectivity index (χ1v) is 6.50. The van der Waals surface area contributed by atoms with Gasteiger partial charge in [0.05, 0.1) is 12.6 Å². The van der Waals surface area contributed by atoms with Gasteiger partial charge in [0.25, 0.3) is 0 Å². The Bertz CT molecular complexity index is 457. The summed E-state index contributed by atoms with van der Waals surface area (Å²) in [7, 11) is 0. The zero-order valence-corrected chi connectivity index (χ0v) is 11.5. The van der Waals surface area contributed by atoms with Gasteiger partial charge in [0.15, 0.2) is 0 Å². The van der Waals surface area contributed by atoms with Crippen molar-refractivity contribution in [3.05, 3.63) is 35.4 Å². The lowest BCUT2D eigenvalue weighted by atomic mass is 10.1. The summed E-state index contributed by atoms with van der Waals surface area (Å²) in [6.45, 7) is 5.01. The van der Waals surface area contributed by atoms with Crippen molar-refractivity contribution in [3.8, 4) is 11.8 Å². The maximum atomic E-state index is 11.5. The molecule has 0 saturated carbocycles. The highest BCUT2D eigenvalue weighted by Crippen LogP contribution is 2.12. The van der Waals surface area contributed by atoms with E-state index in [1.165, 1.54) is 0 Å². The van der Waals surface area contributed by atoms with Gasteiger partial charge >= 0.3 is 6.03 Å². The van der Waals surface area contributed by atoms with E-state index in [1.54, 1.807) is 0 Å². The highest BCUT2D eigenvalue weighted by Gasteiger charge is 2.08. The number of nitrogens with two attached hydrogens (primary N) is 1. The molecule has 1 aromatic carbocycles. The fourth-order valence-corrected chi connectivity index (χ4v) is 1.58. The first-order chi connectivity index (χ1) is 9.17. The van der Waals surface area contributed by atoms with Crippen molar-refractivity contribution < 1.29 is 4.79 Å². The molecule has 1 atom stereocenters. The molecule has 4 N–H and O–H groups in total. The van der Waals surface area contributed by atoms with Crippen molar-refractivity contribution >= 4 is 6.03 Å². The van der Waals surface area contributed by atoms with Crippen molar-refractivity contribution in [1.82, 2.24) is 10.6 Å². The third kappa shape index (κ3) is 5.45. The van der Waals surface area contributed by atoms with Gasteiger partial charge in [-0.2, -0.15) is 0 Å². The lowest BCUT2D eigenvalue weighted by Gasteiger charge is -2.14. The molecule has 19 heavy (non-hydrogen) atoms. The van der Waals surface area contributed by atoms with E-state index in [0.29, 0.717) is 13.1 Å². The van der Waals surface area contributed by atoms with E-state index < -0.39 is 0 Å². The van der Waals surface area contributed by atoms with Crippen LogP contribution in [0.3, 0.4) is 0 Å². The van der Waals surface area contributed by atoms with Crippen molar-refractivity contribution in [1.29, 1.82) is 0 Å². The number of carbonyl (C=O) groups is 1. The highest BCUT2D eigenvalue weighted by molar-refractivity contribution is 5.74. The normalized spacial score (nSPS) is 11.1. The fraction of sp³-hybridized carbons (Fsp3) is 0.400. The predicted octanol–water partition coefficient (Wildman–Crippen LogP) is 1.77. The Morgan fingerprint density at radius 1 is 1.37 bits per heavy atom. The van der Waals surface area contributed by atoms with E-state index in [0.717, 1.165) is 17.5 Å². The van der Waals surface area contributed by atoms with E-state index >= 15 is 0 Å². The molecule has 0 bridgehead atoms. The number of hydrogen-bond acceptors (Lipinski definition) is 2. The maximum absolute atomic E-state index is 11.5. The van der Waals surface area contributed by atoms with Crippen LogP contribution in [-0.4, -0.2) is 19.1 Å². The lowest BCUT2D eigenvalue weighted by molar-refractivity contribution is 0.238. The smallest absolute Gasteiger partial charge is 0.315 e. The van der Waals surface area contributed by atoms with Gasteiger partial charge in [0, 0.05) is 12.1 Å². The van der Waals surface area contributed by atoms with Crippen LogP contribution in [0.2, 0.25) is 0 Å². The van der Waals surface area contributed by atoms with E-state index in [1.807, 2.05) is 38.1 Å². The van der Waals surface area contributed by atoms with Crippen LogP contribution < -0.4 is 16.4 Å². The molecule has 0 fully saturated rings. The monoisotopic (exact) mass is 259 g/mol. The highest BCUT2D eigenvalue weighted by atomic mass is 16.2. The molecule has 0 aliphatic rings. The summed E-state index contributed by atoms with van der Waals surface area (Å²) < 4.78 is 0. The Labute approximate surface area is 114 Å². The largest absolute Gasteiger partial charge is 0.338 e. The van der Waals surface area contributed by atoms with Gasteiger partial charge in [-0.25, -0.2) is 4.79 Å². The second kappa shape index (κ2) is 8.17. The fourth-order valence-electron chi connectivity index (χ4n) is 1.58. The number of rotatable bonds is 4.